The molecule has 2 aromatic rings. The first-order valence-corrected chi connectivity index (χ1v) is 9.95. The van der Waals surface area contributed by atoms with Crippen LogP contribution in [0, 0.1) is 0 Å². The van der Waals surface area contributed by atoms with E-state index in [-0.39, 0.29) is 42.3 Å². The number of H-pyrrole nitrogens is 1. The first kappa shape index (κ1) is 17.5. The summed E-state index contributed by atoms with van der Waals surface area (Å²) in [6, 6.07) is 7.40. The van der Waals surface area contributed by atoms with E-state index in [0.717, 1.165) is 16.5 Å². The van der Waals surface area contributed by atoms with Crippen LogP contribution in [-0.2, 0) is 25.8 Å². The average molecular weight is 363 g/mol. The van der Waals surface area contributed by atoms with E-state index in [1.807, 2.05) is 24.3 Å². The zero-order chi connectivity index (χ0) is 18.0. The maximum absolute atomic E-state index is 12.2. The minimum Gasteiger partial charge on any atom is -0.361 e. The van der Waals surface area contributed by atoms with Crippen molar-refractivity contribution in [2.75, 3.05) is 25.1 Å². The molecule has 2 N–H and O–H groups in total. The molecule has 1 unspecified atom stereocenters. The van der Waals surface area contributed by atoms with Gasteiger partial charge in [0.05, 0.1) is 24.5 Å². The quantitative estimate of drug-likeness (QED) is 0.807. The Balaban J connectivity index is 1.53. The second-order valence-corrected chi connectivity index (χ2v) is 8.60. The molecule has 25 heavy (non-hydrogen) atoms. The number of likely N-dealkylation sites (N-methyl/N-ethyl adjacent to an activating group) is 1. The molecule has 8 heteroatoms. The van der Waals surface area contributed by atoms with E-state index < -0.39 is 9.84 Å². The van der Waals surface area contributed by atoms with Gasteiger partial charge in [0, 0.05) is 30.2 Å². The molecule has 2 amide bonds. The summed E-state index contributed by atoms with van der Waals surface area (Å²) >= 11 is 0. The molecule has 1 fully saturated rings. The Morgan fingerprint density at radius 2 is 2.08 bits per heavy atom. The van der Waals surface area contributed by atoms with Gasteiger partial charge in [0.1, 0.15) is 0 Å². The number of nitrogens with one attached hydrogen (secondary N) is 2. The number of carbonyl (C=O) groups excluding carboxylic acids is 2. The zero-order valence-corrected chi connectivity index (χ0v) is 14.8. The number of carbonyl (C=O) groups is 2. The summed E-state index contributed by atoms with van der Waals surface area (Å²) in [4.78, 5) is 28.8. The molecule has 1 saturated heterocycles. The summed E-state index contributed by atoms with van der Waals surface area (Å²) in [6.45, 7) is -0.131. The van der Waals surface area contributed by atoms with Crippen molar-refractivity contribution in [1.29, 1.82) is 0 Å². The minimum absolute atomic E-state index is 0.00146. The molecule has 0 aliphatic carbocycles. The number of hydrogen-bond acceptors (Lipinski definition) is 4. The molecule has 0 bridgehead atoms. The summed E-state index contributed by atoms with van der Waals surface area (Å²) in [5.41, 5.74) is 1.83. The predicted molar refractivity (Wildman–Crippen MR) is 94.8 cm³/mol. The lowest BCUT2D eigenvalue weighted by Crippen LogP contribution is -2.44. The van der Waals surface area contributed by atoms with Gasteiger partial charge in [-0.2, -0.15) is 0 Å². The maximum atomic E-state index is 12.2. The third kappa shape index (κ3) is 4.01. The van der Waals surface area contributed by atoms with Gasteiger partial charge in [0.2, 0.25) is 11.8 Å². The number of amides is 2. The Kier molecular flexibility index (Phi) is 4.80. The number of para-hydroxylation sites is 1. The Morgan fingerprint density at radius 3 is 2.80 bits per heavy atom. The molecule has 134 valence electrons. The maximum Gasteiger partial charge on any atom is 0.241 e. The SMILES string of the molecule is CN(C(=O)CNC(=O)Cc1c[nH]c2ccccc12)C1CCS(=O)(=O)C1. The highest BCUT2D eigenvalue weighted by molar-refractivity contribution is 7.91. The molecule has 7 nitrogen and oxygen atoms in total. The fraction of sp³-hybridized carbons (Fsp3) is 0.412. The Labute approximate surface area is 146 Å². The van der Waals surface area contributed by atoms with Crippen LogP contribution in [0.5, 0.6) is 0 Å². The van der Waals surface area contributed by atoms with Gasteiger partial charge in [-0.05, 0) is 18.1 Å². The second-order valence-electron chi connectivity index (χ2n) is 6.37. The number of rotatable bonds is 5. The van der Waals surface area contributed by atoms with Crippen molar-refractivity contribution in [1.82, 2.24) is 15.2 Å². The lowest BCUT2D eigenvalue weighted by Gasteiger charge is -2.23. The number of aromatic nitrogens is 1. The first-order valence-electron chi connectivity index (χ1n) is 8.13. The largest absolute Gasteiger partial charge is 0.361 e. The van der Waals surface area contributed by atoms with E-state index in [2.05, 4.69) is 10.3 Å². The van der Waals surface area contributed by atoms with Crippen LogP contribution < -0.4 is 5.32 Å². The fourth-order valence-electron chi connectivity index (χ4n) is 3.10. The van der Waals surface area contributed by atoms with Gasteiger partial charge in [-0.3, -0.25) is 9.59 Å². The van der Waals surface area contributed by atoms with E-state index in [1.54, 1.807) is 13.2 Å². The Hall–Kier alpha value is -2.35. The smallest absolute Gasteiger partial charge is 0.241 e. The van der Waals surface area contributed by atoms with E-state index >= 15 is 0 Å². The van der Waals surface area contributed by atoms with Crippen LogP contribution in [0.1, 0.15) is 12.0 Å². The topological polar surface area (TPSA) is 99.3 Å². The monoisotopic (exact) mass is 363 g/mol. The van der Waals surface area contributed by atoms with Gasteiger partial charge in [-0.15, -0.1) is 0 Å². The van der Waals surface area contributed by atoms with Crippen LogP contribution in [0.15, 0.2) is 30.5 Å². The van der Waals surface area contributed by atoms with Crippen molar-refractivity contribution < 1.29 is 18.0 Å². The van der Waals surface area contributed by atoms with Crippen LogP contribution in [-0.4, -0.2) is 61.3 Å². The van der Waals surface area contributed by atoms with Gasteiger partial charge in [-0.25, -0.2) is 8.42 Å². The van der Waals surface area contributed by atoms with Crippen molar-refractivity contribution >= 4 is 32.6 Å². The molecular formula is C17H21N3O4S. The average Bonchev–Trinajstić information content (AvgIpc) is 3.15. The van der Waals surface area contributed by atoms with Gasteiger partial charge in [-0.1, -0.05) is 18.2 Å². The molecule has 0 radical (unpaired) electrons. The van der Waals surface area contributed by atoms with E-state index in [4.69, 9.17) is 0 Å². The third-order valence-corrected chi connectivity index (χ3v) is 6.36. The lowest BCUT2D eigenvalue weighted by molar-refractivity contribution is -0.133. The van der Waals surface area contributed by atoms with E-state index in [0.29, 0.717) is 6.42 Å². The summed E-state index contributed by atoms with van der Waals surface area (Å²) in [6.07, 6.45) is 2.42. The molecular weight excluding hydrogens is 342 g/mol. The van der Waals surface area contributed by atoms with Crippen molar-refractivity contribution in [2.24, 2.45) is 0 Å². The van der Waals surface area contributed by atoms with Gasteiger partial charge in [0.25, 0.3) is 0 Å². The number of nitrogens with zero attached hydrogens (tertiary/aromatic N) is 1. The molecule has 3 rings (SSSR count). The van der Waals surface area contributed by atoms with Crippen LogP contribution in [0.4, 0.5) is 0 Å². The Bertz CT molecular complexity index is 904. The van der Waals surface area contributed by atoms with Crippen molar-refractivity contribution in [3.8, 4) is 0 Å². The summed E-state index contributed by atoms with van der Waals surface area (Å²) in [5.74, 6) is -0.416. The molecule has 1 aromatic carbocycles. The fourth-order valence-corrected chi connectivity index (χ4v) is 4.87. The normalized spacial score (nSPS) is 19.0. The third-order valence-electron chi connectivity index (χ3n) is 4.61. The summed E-state index contributed by atoms with van der Waals surface area (Å²) in [7, 11) is -1.46. The first-order chi connectivity index (χ1) is 11.9. The molecule has 1 aliphatic heterocycles. The van der Waals surface area contributed by atoms with E-state index in [9.17, 15) is 18.0 Å². The predicted octanol–water partition coefficient (Wildman–Crippen LogP) is 0.472. The summed E-state index contributed by atoms with van der Waals surface area (Å²) < 4.78 is 23.0. The lowest BCUT2D eigenvalue weighted by atomic mass is 10.1. The van der Waals surface area contributed by atoms with Crippen LogP contribution in [0.2, 0.25) is 0 Å². The molecule has 1 atom stereocenters. The number of benzene rings is 1. The van der Waals surface area contributed by atoms with Crippen molar-refractivity contribution in [2.45, 2.75) is 18.9 Å². The molecule has 0 spiro atoms. The highest BCUT2D eigenvalue weighted by atomic mass is 32.2. The number of sulfone groups is 1. The highest BCUT2D eigenvalue weighted by Gasteiger charge is 2.32. The van der Waals surface area contributed by atoms with Crippen molar-refractivity contribution in [3.63, 3.8) is 0 Å². The van der Waals surface area contributed by atoms with Crippen molar-refractivity contribution in [3.05, 3.63) is 36.0 Å². The van der Waals surface area contributed by atoms with E-state index in [1.165, 1.54) is 4.90 Å². The van der Waals surface area contributed by atoms with Crippen LogP contribution in [0.3, 0.4) is 0 Å². The second kappa shape index (κ2) is 6.87. The standard InChI is InChI=1S/C17H21N3O4S/c1-20(13-6-7-25(23,24)11-13)17(22)10-19-16(21)8-12-9-18-15-5-3-2-4-14(12)15/h2-5,9,13,18H,6-8,10-11H2,1H3,(H,19,21). The highest BCUT2D eigenvalue weighted by Crippen LogP contribution is 2.18. The number of hydrogen-bond donors (Lipinski definition) is 2. The van der Waals surface area contributed by atoms with Gasteiger partial charge >= 0.3 is 0 Å². The minimum atomic E-state index is -3.05. The number of aromatic amines is 1. The van der Waals surface area contributed by atoms with Gasteiger partial charge in [0.15, 0.2) is 9.84 Å². The molecule has 1 aliphatic rings. The molecule has 2 heterocycles. The number of fused-ring (bicyclic) bond motifs is 1. The van der Waals surface area contributed by atoms with Crippen LogP contribution >= 0.6 is 0 Å². The molecule has 0 saturated carbocycles. The molecule has 1 aromatic heterocycles. The van der Waals surface area contributed by atoms with Gasteiger partial charge < -0.3 is 15.2 Å². The van der Waals surface area contributed by atoms with Crippen LogP contribution in [0.25, 0.3) is 10.9 Å². The zero-order valence-electron chi connectivity index (χ0n) is 14.0. The summed E-state index contributed by atoms with van der Waals surface area (Å²) in [5, 5.41) is 3.60. The Morgan fingerprint density at radius 1 is 1.32 bits per heavy atom.